The molecule has 1 aromatic rings. The summed E-state index contributed by atoms with van der Waals surface area (Å²) < 4.78 is 11.2. The predicted octanol–water partition coefficient (Wildman–Crippen LogP) is 4.03. The van der Waals surface area contributed by atoms with Gasteiger partial charge in [0.15, 0.2) is 11.5 Å². The van der Waals surface area contributed by atoms with Crippen molar-refractivity contribution in [3.05, 3.63) is 24.3 Å². The average molecular weight is 299 g/mol. The molecular formula is C14H19BrO2. The molecule has 1 fully saturated rings. The van der Waals surface area contributed by atoms with E-state index in [-0.39, 0.29) is 0 Å². The summed E-state index contributed by atoms with van der Waals surface area (Å²) >= 11 is 3.63. The first kappa shape index (κ1) is 12.7. The minimum absolute atomic E-state index is 0.320. The number of ether oxygens (including phenoxy) is 2. The van der Waals surface area contributed by atoms with E-state index in [1.54, 1.807) is 7.11 Å². The highest BCUT2D eigenvalue weighted by Gasteiger charge is 2.33. The molecule has 0 unspecified atom stereocenters. The van der Waals surface area contributed by atoms with Crippen molar-refractivity contribution >= 4 is 15.9 Å². The van der Waals surface area contributed by atoms with Crippen molar-refractivity contribution in [2.45, 2.75) is 25.7 Å². The van der Waals surface area contributed by atoms with Gasteiger partial charge in [-0.25, -0.2) is 0 Å². The van der Waals surface area contributed by atoms with Gasteiger partial charge in [-0.15, -0.1) is 0 Å². The molecule has 0 aromatic heterocycles. The van der Waals surface area contributed by atoms with Crippen molar-refractivity contribution in [3.8, 4) is 11.5 Å². The molecule has 3 heteroatoms. The second-order valence-corrected chi connectivity index (χ2v) is 5.34. The van der Waals surface area contributed by atoms with Crippen LogP contribution in [0.2, 0.25) is 0 Å². The number of halogens is 1. The fourth-order valence-corrected chi connectivity index (χ4v) is 3.13. The Morgan fingerprint density at radius 1 is 1.18 bits per heavy atom. The molecule has 1 saturated carbocycles. The molecular weight excluding hydrogens is 280 g/mol. The Bertz CT molecular complexity index is 359. The Kier molecular flexibility index (Phi) is 4.32. The van der Waals surface area contributed by atoms with Gasteiger partial charge in [-0.3, -0.25) is 0 Å². The molecule has 0 bridgehead atoms. The first-order valence-electron chi connectivity index (χ1n) is 6.11. The SMILES string of the molecule is COc1ccccc1OCC1(CBr)CCCC1. The molecule has 0 radical (unpaired) electrons. The Morgan fingerprint density at radius 2 is 1.82 bits per heavy atom. The van der Waals surface area contributed by atoms with Crippen LogP contribution in [0.3, 0.4) is 0 Å². The number of hydrogen-bond donors (Lipinski definition) is 0. The molecule has 0 saturated heterocycles. The maximum Gasteiger partial charge on any atom is 0.161 e. The lowest BCUT2D eigenvalue weighted by Crippen LogP contribution is -2.27. The van der Waals surface area contributed by atoms with E-state index in [0.29, 0.717) is 5.41 Å². The summed E-state index contributed by atoms with van der Waals surface area (Å²) in [6.07, 6.45) is 5.16. The van der Waals surface area contributed by atoms with Gasteiger partial charge in [-0.05, 0) is 25.0 Å². The molecule has 1 aromatic carbocycles. The number of benzene rings is 1. The average Bonchev–Trinajstić information content (AvgIpc) is 2.86. The monoisotopic (exact) mass is 298 g/mol. The predicted molar refractivity (Wildman–Crippen MR) is 73.2 cm³/mol. The number of methoxy groups -OCH3 is 1. The fourth-order valence-electron chi connectivity index (χ4n) is 2.41. The molecule has 0 spiro atoms. The molecule has 0 amide bonds. The van der Waals surface area contributed by atoms with Crippen molar-refractivity contribution < 1.29 is 9.47 Å². The molecule has 94 valence electrons. The lowest BCUT2D eigenvalue weighted by Gasteiger charge is -2.26. The normalized spacial score (nSPS) is 18.0. The van der Waals surface area contributed by atoms with E-state index in [1.165, 1.54) is 25.7 Å². The van der Waals surface area contributed by atoms with Gasteiger partial charge < -0.3 is 9.47 Å². The van der Waals surface area contributed by atoms with Gasteiger partial charge >= 0.3 is 0 Å². The number of para-hydroxylation sites is 2. The first-order chi connectivity index (χ1) is 8.29. The number of alkyl halides is 1. The molecule has 1 aliphatic carbocycles. The van der Waals surface area contributed by atoms with Crippen molar-refractivity contribution in [1.29, 1.82) is 0 Å². The van der Waals surface area contributed by atoms with Crippen molar-refractivity contribution in [1.82, 2.24) is 0 Å². The second kappa shape index (κ2) is 5.76. The van der Waals surface area contributed by atoms with E-state index in [4.69, 9.17) is 9.47 Å². The lowest BCUT2D eigenvalue weighted by molar-refractivity contribution is 0.169. The minimum Gasteiger partial charge on any atom is -0.493 e. The molecule has 1 aliphatic rings. The van der Waals surface area contributed by atoms with Gasteiger partial charge in [0.25, 0.3) is 0 Å². The molecule has 0 N–H and O–H groups in total. The summed E-state index contributed by atoms with van der Waals surface area (Å²) in [4.78, 5) is 0. The third-order valence-corrected chi connectivity index (χ3v) is 4.74. The van der Waals surface area contributed by atoms with Crippen molar-refractivity contribution in [3.63, 3.8) is 0 Å². The van der Waals surface area contributed by atoms with E-state index >= 15 is 0 Å². The largest absolute Gasteiger partial charge is 0.493 e. The zero-order valence-corrected chi connectivity index (χ0v) is 11.8. The topological polar surface area (TPSA) is 18.5 Å². The molecule has 0 atom stereocenters. The summed E-state index contributed by atoms with van der Waals surface area (Å²) in [7, 11) is 1.68. The Hall–Kier alpha value is -0.700. The maximum atomic E-state index is 5.95. The Labute approximate surface area is 111 Å². The molecule has 2 rings (SSSR count). The van der Waals surface area contributed by atoms with Crippen LogP contribution < -0.4 is 9.47 Å². The van der Waals surface area contributed by atoms with Gasteiger partial charge in [0, 0.05) is 10.7 Å². The van der Waals surface area contributed by atoms with Crippen molar-refractivity contribution in [2.75, 3.05) is 19.0 Å². The van der Waals surface area contributed by atoms with E-state index < -0.39 is 0 Å². The van der Waals surface area contributed by atoms with Crippen LogP contribution in [0.1, 0.15) is 25.7 Å². The minimum atomic E-state index is 0.320. The van der Waals surface area contributed by atoms with E-state index in [2.05, 4.69) is 15.9 Å². The first-order valence-corrected chi connectivity index (χ1v) is 7.24. The fraction of sp³-hybridized carbons (Fsp3) is 0.571. The van der Waals surface area contributed by atoms with Crippen LogP contribution in [-0.2, 0) is 0 Å². The molecule has 0 heterocycles. The zero-order chi connectivity index (χ0) is 12.1. The number of hydrogen-bond acceptors (Lipinski definition) is 2. The van der Waals surface area contributed by atoms with E-state index in [0.717, 1.165) is 23.4 Å². The van der Waals surface area contributed by atoms with Crippen LogP contribution in [0.4, 0.5) is 0 Å². The second-order valence-electron chi connectivity index (χ2n) is 4.78. The molecule has 0 aliphatic heterocycles. The van der Waals surface area contributed by atoms with Crippen LogP contribution in [0.25, 0.3) is 0 Å². The van der Waals surface area contributed by atoms with E-state index in [1.807, 2.05) is 24.3 Å². The van der Waals surface area contributed by atoms with Crippen LogP contribution in [-0.4, -0.2) is 19.0 Å². The summed E-state index contributed by atoms with van der Waals surface area (Å²) in [5.74, 6) is 1.66. The smallest absolute Gasteiger partial charge is 0.161 e. The zero-order valence-electron chi connectivity index (χ0n) is 10.2. The highest BCUT2D eigenvalue weighted by molar-refractivity contribution is 9.09. The maximum absolute atomic E-state index is 5.95. The Morgan fingerprint density at radius 3 is 2.41 bits per heavy atom. The number of rotatable bonds is 5. The summed E-state index contributed by atoms with van der Waals surface area (Å²) in [6, 6.07) is 7.84. The van der Waals surface area contributed by atoms with Gasteiger partial charge in [0.1, 0.15) is 0 Å². The van der Waals surface area contributed by atoms with Crippen molar-refractivity contribution in [2.24, 2.45) is 5.41 Å². The third-order valence-electron chi connectivity index (χ3n) is 3.55. The van der Waals surface area contributed by atoms with Crippen LogP contribution >= 0.6 is 15.9 Å². The standard InChI is InChI=1S/C14H19BrO2/c1-16-12-6-2-3-7-13(12)17-11-14(10-15)8-4-5-9-14/h2-3,6-7H,4-5,8-11H2,1H3. The summed E-state index contributed by atoms with van der Waals surface area (Å²) in [5, 5.41) is 1.02. The lowest BCUT2D eigenvalue weighted by atomic mass is 9.90. The Balaban J connectivity index is 2.01. The molecule has 2 nitrogen and oxygen atoms in total. The van der Waals surface area contributed by atoms with Gasteiger partial charge in [-0.2, -0.15) is 0 Å². The highest BCUT2D eigenvalue weighted by Crippen LogP contribution is 2.40. The van der Waals surface area contributed by atoms with Crippen LogP contribution in [0.15, 0.2) is 24.3 Å². The summed E-state index contributed by atoms with van der Waals surface area (Å²) in [6.45, 7) is 0.776. The van der Waals surface area contributed by atoms with Crippen LogP contribution in [0, 0.1) is 5.41 Å². The molecule has 17 heavy (non-hydrogen) atoms. The quantitative estimate of drug-likeness (QED) is 0.764. The highest BCUT2D eigenvalue weighted by atomic mass is 79.9. The summed E-state index contributed by atoms with van der Waals surface area (Å²) in [5.41, 5.74) is 0.320. The van der Waals surface area contributed by atoms with Gasteiger partial charge in [-0.1, -0.05) is 40.9 Å². The van der Waals surface area contributed by atoms with Crippen LogP contribution in [0.5, 0.6) is 11.5 Å². The van der Waals surface area contributed by atoms with Gasteiger partial charge in [0.05, 0.1) is 13.7 Å². The van der Waals surface area contributed by atoms with Gasteiger partial charge in [0.2, 0.25) is 0 Å². The van der Waals surface area contributed by atoms with E-state index in [9.17, 15) is 0 Å². The third kappa shape index (κ3) is 2.95.